The number of halogens is 1. The molecule has 0 spiro atoms. The maximum absolute atomic E-state index is 14.8. The van der Waals surface area contributed by atoms with Crippen LogP contribution in [0.15, 0.2) is 132 Å². The van der Waals surface area contributed by atoms with Gasteiger partial charge < -0.3 is 14.2 Å². The van der Waals surface area contributed by atoms with E-state index in [2.05, 4.69) is 36.8 Å². The Morgan fingerprint density at radius 1 is 0.593 bits per heavy atom. The quantitative estimate of drug-likeness (QED) is 0.0263. The van der Waals surface area contributed by atoms with Gasteiger partial charge in [-0.25, -0.2) is 18.8 Å². The molecule has 0 N–H and O–H groups in total. The van der Waals surface area contributed by atoms with E-state index in [1.165, 1.54) is 24.3 Å². The van der Waals surface area contributed by atoms with Crippen molar-refractivity contribution in [1.82, 2.24) is 0 Å². The van der Waals surface area contributed by atoms with Crippen LogP contribution in [-0.4, -0.2) is 42.6 Å². The zero-order valence-electron chi connectivity index (χ0n) is 29.7. The summed E-state index contributed by atoms with van der Waals surface area (Å²) >= 11 is 3.45. The molecule has 0 saturated heterocycles. The number of hydrogen-bond donors (Lipinski definition) is 0. The Labute approximate surface area is 324 Å². The Balaban J connectivity index is 1.18. The number of carbonyl (C=O) groups is 3. The van der Waals surface area contributed by atoms with Gasteiger partial charge in [0.2, 0.25) is 0 Å². The summed E-state index contributed by atoms with van der Waals surface area (Å²) in [4.78, 5) is 36.8. The number of esters is 3. The molecular formula is C45H39FO6S2. The van der Waals surface area contributed by atoms with Gasteiger partial charge in [0.15, 0.2) is 0 Å². The molecule has 0 aliphatic heterocycles. The van der Waals surface area contributed by atoms with E-state index in [-0.39, 0.29) is 5.56 Å². The van der Waals surface area contributed by atoms with Gasteiger partial charge in [0.05, 0.1) is 13.2 Å². The minimum atomic E-state index is -0.637. The average molecular weight is 759 g/mol. The molecule has 6 nitrogen and oxygen atoms in total. The fourth-order valence-electron chi connectivity index (χ4n) is 4.46. The standard InChI is InChI=1S/C45H39FO6S2/c1-3-43(47)50-29-5-7-31-53-40-24-16-35(17-25-40)10-9-34-14-22-39(23-15-34)52-45(49)28-21-38-20-13-37(33-42(38)46)12-11-36-18-26-41(27-19-36)54-32-8-6-30-51-44(48)4-2/h3-4,13-28,33H,1-2,5-8,29-32H2/b28-21+. The summed E-state index contributed by atoms with van der Waals surface area (Å²) in [5, 5.41) is 0. The molecule has 0 unspecified atom stereocenters. The molecule has 0 bridgehead atoms. The molecule has 0 aromatic heterocycles. The lowest BCUT2D eigenvalue weighted by atomic mass is 10.1. The number of hydrogen-bond acceptors (Lipinski definition) is 8. The van der Waals surface area contributed by atoms with Gasteiger partial charge in [-0.05, 0) is 128 Å². The molecule has 0 aliphatic carbocycles. The van der Waals surface area contributed by atoms with Crippen molar-refractivity contribution >= 4 is 47.5 Å². The molecular weight excluding hydrogens is 720 g/mol. The third kappa shape index (κ3) is 15.5. The maximum atomic E-state index is 14.8. The van der Waals surface area contributed by atoms with Crippen molar-refractivity contribution in [3.05, 3.63) is 156 Å². The molecule has 0 fully saturated rings. The van der Waals surface area contributed by atoms with Gasteiger partial charge in [-0.2, -0.15) is 0 Å². The minimum Gasteiger partial charge on any atom is -0.463 e. The summed E-state index contributed by atoms with van der Waals surface area (Å²) in [7, 11) is 0. The lowest BCUT2D eigenvalue weighted by molar-refractivity contribution is -0.138. The lowest BCUT2D eigenvalue weighted by Crippen LogP contribution is -2.03. The van der Waals surface area contributed by atoms with Crippen molar-refractivity contribution in [2.45, 2.75) is 35.5 Å². The van der Waals surface area contributed by atoms with Crippen LogP contribution in [0.1, 0.15) is 53.5 Å². The Kier molecular flexibility index (Phi) is 17.5. The summed E-state index contributed by atoms with van der Waals surface area (Å²) < 4.78 is 30.1. The smallest absolute Gasteiger partial charge is 0.336 e. The summed E-state index contributed by atoms with van der Waals surface area (Å²) in [6, 6.07) is 27.2. The lowest BCUT2D eigenvalue weighted by Gasteiger charge is -2.03. The Morgan fingerprint density at radius 3 is 1.50 bits per heavy atom. The topological polar surface area (TPSA) is 78.9 Å². The average Bonchev–Trinajstić information content (AvgIpc) is 3.19. The summed E-state index contributed by atoms with van der Waals surface area (Å²) in [6.45, 7) is 7.54. The number of unbranched alkanes of at least 4 members (excludes halogenated alkanes) is 2. The van der Waals surface area contributed by atoms with Crippen molar-refractivity contribution in [3.8, 4) is 29.4 Å². The third-order valence-corrected chi connectivity index (χ3v) is 9.52. The van der Waals surface area contributed by atoms with Crippen LogP contribution >= 0.6 is 23.5 Å². The molecule has 0 atom stereocenters. The predicted octanol–water partition coefficient (Wildman–Crippen LogP) is 9.45. The van der Waals surface area contributed by atoms with Gasteiger partial charge in [-0.15, -0.1) is 23.5 Å². The van der Waals surface area contributed by atoms with E-state index in [1.54, 1.807) is 59.9 Å². The zero-order valence-corrected chi connectivity index (χ0v) is 31.3. The van der Waals surface area contributed by atoms with E-state index >= 15 is 0 Å². The number of carbonyl (C=O) groups excluding carboxylic acids is 3. The van der Waals surface area contributed by atoms with Gasteiger partial charge in [0.1, 0.15) is 11.6 Å². The summed E-state index contributed by atoms with van der Waals surface area (Å²) in [5.41, 5.74) is 3.19. The van der Waals surface area contributed by atoms with E-state index in [4.69, 9.17) is 14.2 Å². The van der Waals surface area contributed by atoms with Crippen LogP contribution in [0.5, 0.6) is 5.75 Å². The van der Waals surface area contributed by atoms with Crippen LogP contribution in [0.4, 0.5) is 4.39 Å². The van der Waals surface area contributed by atoms with Crippen LogP contribution < -0.4 is 4.74 Å². The number of ether oxygens (including phenoxy) is 3. The van der Waals surface area contributed by atoms with Gasteiger partial charge in [-0.3, -0.25) is 0 Å². The molecule has 0 radical (unpaired) electrons. The molecule has 0 aliphatic rings. The highest BCUT2D eigenvalue weighted by atomic mass is 32.2. The molecule has 4 rings (SSSR count). The highest BCUT2D eigenvalue weighted by molar-refractivity contribution is 7.99. The van der Waals surface area contributed by atoms with Crippen molar-refractivity contribution in [3.63, 3.8) is 0 Å². The SMILES string of the molecule is C=CC(=O)OCCCCSc1ccc(C#Cc2ccc(OC(=O)/C=C/c3ccc(C#Cc4ccc(SCCCCOC(=O)C=C)cc4)cc3F)cc2)cc1. The first-order valence-corrected chi connectivity index (χ1v) is 19.2. The van der Waals surface area contributed by atoms with Crippen molar-refractivity contribution in [2.75, 3.05) is 24.7 Å². The second-order valence-corrected chi connectivity index (χ2v) is 13.8. The fourth-order valence-corrected chi connectivity index (χ4v) is 6.29. The number of thioether (sulfide) groups is 2. The van der Waals surface area contributed by atoms with E-state index in [1.807, 2.05) is 48.5 Å². The molecule has 9 heteroatoms. The van der Waals surface area contributed by atoms with Crippen molar-refractivity contribution < 1.29 is 33.0 Å². The number of rotatable bonds is 17. The van der Waals surface area contributed by atoms with Crippen molar-refractivity contribution in [1.29, 1.82) is 0 Å². The zero-order chi connectivity index (χ0) is 38.4. The molecule has 274 valence electrons. The monoisotopic (exact) mass is 758 g/mol. The van der Waals surface area contributed by atoms with Crippen LogP contribution in [-0.2, 0) is 23.9 Å². The fraction of sp³-hybridized carbons (Fsp3) is 0.178. The Hall–Kier alpha value is -5.74. The largest absolute Gasteiger partial charge is 0.463 e. The second-order valence-electron chi connectivity index (χ2n) is 11.4. The molecule has 0 heterocycles. The van der Waals surface area contributed by atoms with Gasteiger partial charge in [0, 0.05) is 55.8 Å². The van der Waals surface area contributed by atoms with Crippen LogP contribution in [0.25, 0.3) is 6.08 Å². The van der Waals surface area contributed by atoms with Crippen LogP contribution in [0.2, 0.25) is 0 Å². The normalized spacial score (nSPS) is 10.3. The Bertz CT molecular complexity index is 2050. The summed E-state index contributed by atoms with van der Waals surface area (Å²) in [5.74, 6) is 12.5. The highest BCUT2D eigenvalue weighted by Crippen LogP contribution is 2.21. The van der Waals surface area contributed by atoms with Gasteiger partial charge >= 0.3 is 17.9 Å². The van der Waals surface area contributed by atoms with Crippen LogP contribution in [0.3, 0.4) is 0 Å². The second kappa shape index (κ2) is 23.0. The van der Waals surface area contributed by atoms with E-state index in [9.17, 15) is 18.8 Å². The van der Waals surface area contributed by atoms with Gasteiger partial charge in [-0.1, -0.05) is 42.9 Å². The van der Waals surface area contributed by atoms with Crippen LogP contribution in [0, 0.1) is 29.5 Å². The first-order valence-electron chi connectivity index (χ1n) is 17.2. The van der Waals surface area contributed by atoms with E-state index in [0.29, 0.717) is 24.5 Å². The Morgan fingerprint density at radius 2 is 1.04 bits per heavy atom. The molecule has 54 heavy (non-hydrogen) atoms. The predicted molar refractivity (Wildman–Crippen MR) is 215 cm³/mol. The molecule has 4 aromatic rings. The van der Waals surface area contributed by atoms with E-state index in [0.717, 1.165) is 69.7 Å². The molecule has 0 amide bonds. The van der Waals surface area contributed by atoms with Gasteiger partial charge in [0.25, 0.3) is 0 Å². The van der Waals surface area contributed by atoms with E-state index < -0.39 is 23.7 Å². The number of benzene rings is 4. The summed E-state index contributed by atoms with van der Waals surface area (Å²) in [6.07, 6.45) is 8.32. The first kappa shape index (κ1) is 41.0. The third-order valence-electron chi connectivity index (χ3n) is 7.32. The minimum absolute atomic E-state index is 0.235. The maximum Gasteiger partial charge on any atom is 0.336 e. The highest BCUT2D eigenvalue weighted by Gasteiger charge is 2.05. The molecule has 4 aromatic carbocycles. The first-order chi connectivity index (χ1) is 26.3. The molecule has 0 saturated carbocycles. The van der Waals surface area contributed by atoms with Crippen molar-refractivity contribution in [2.24, 2.45) is 0 Å².